The number of amides is 1. The third kappa shape index (κ3) is 29.5. The molecule has 0 heterocycles. The smallest absolute Gasteiger partial charge is 0.219 e. The molecule has 5 heteroatoms. The maximum absolute atomic E-state index is 12.0. The van der Waals surface area contributed by atoms with Gasteiger partial charge in [0.1, 0.15) is 0 Å². The molecule has 0 saturated heterocycles. The Bertz CT molecular complexity index is 469. The minimum Gasteiger partial charge on any atom is -1.00 e. The number of aliphatic hydroxyl groups is 1. The highest BCUT2D eigenvalue weighted by molar-refractivity contribution is 5.75. The van der Waals surface area contributed by atoms with Crippen molar-refractivity contribution in [2.24, 2.45) is 0 Å². The van der Waals surface area contributed by atoms with Gasteiger partial charge in [-0.15, -0.1) is 0 Å². The molecule has 0 bridgehead atoms. The number of hydrogen-bond donors (Lipinski definition) is 2. The van der Waals surface area contributed by atoms with Crippen LogP contribution in [0.4, 0.5) is 0 Å². The summed E-state index contributed by atoms with van der Waals surface area (Å²) < 4.78 is 0.910. The maximum Gasteiger partial charge on any atom is 0.219 e. The second-order valence-electron chi connectivity index (χ2n) is 10.9. The summed E-state index contributed by atoms with van der Waals surface area (Å²) in [6, 6.07) is 0. The number of rotatable bonds is 26. The molecule has 0 aliphatic heterocycles. The van der Waals surface area contributed by atoms with E-state index < -0.39 is 0 Å². The van der Waals surface area contributed by atoms with E-state index in [0.29, 0.717) is 6.42 Å². The van der Waals surface area contributed by atoms with Gasteiger partial charge >= 0.3 is 0 Å². The van der Waals surface area contributed by atoms with Crippen LogP contribution in [0.5, 0.6) is 0 Å². The topological polar surface area (TPSA) is 49.3 Å². The van der Waals surface area contributed by atoms with E-state index in [-0.39, 0.29) is 24.9 Å². The average molecular weight is 517 g/mol. The lowest BCUT2D eigenvalue weighted by Crippen LogP contribution is -3.00. The zero-order chi connectivity index (χ0) is 25.2. The van der Waals surface area contributed by atoms with E-state index in [1.54, 1.807) is 0 Å². The van der Waals surface area contributed by atoms with Crippen molar-refractivity contribution in [1.82, 2.24) is 5.32 Å². The predicted molar refractivity (Wildman–Crippen MR) is 149 cm³/mol. The molecule has 0 aromatic rings. The van der Waals surface area contributed by atoms with Gasteiger partial charge in [0.05, 0.1) is 27.2 Å². The Hall–Kier alpha value is -0.580. The quantitative estimate of drug-likeness (QED) is 0.101. The van der Waals surface area contributed by atoms with Crippen molar-refractivity contribution in [3.8, 4) is 0 Å². The minimum absolute atomic E-state index is 0. The van der Waals surface area contributed by atoms with E-state index in [2.05, 4.69) is 38.5 Å². The summed E-state index contributed by atoms with van der Waals surface area (Å²) in [4.78, 5) is 12.0. The summed E-state index contributed by atoms with van der Waals surface area (Å²) in [6.45, 7) is 5.34. The van der Waals surface area contributed by atoms with E-state index in [1.807, 2.05) is 0 Å². The molecule has 0 aromatic heterocycles. The molecule has 4 nitrogen and oxygen atoms in total. The average Bonchev–Trinajstić information content (AvgIpc) is 2.82. The number of aliphatic hydroxyl groups excluding tert-OH is 1. The van der Waals surface area contributed by atoms with Crippen molar-refractivity contribution >= 4 is 5.91 Å². The summed E-state index contributed by atoms with van der Waals surface area (Å²) in [6.07, 6.45) is 29.8. The Balaban J connectivity index is 0. The van der Waals surface area contributed by atoms with Crippen molar-refractivity contribution < 1.29 is 26.8 Å². The molecule has 0 spiro atoms. The van der Waals surface area contributed by atoms with Crippen LogP contribution >= 0.6 is 0 Å². The van der Waals surface area contributed by atoms with Gasteiger partial charge in [0, 0.05) is 32.4 Å². The van der Waals surface area contributed by atoms with Gasteiger partial charge in [-0.3, -0.25) is 4.79 Å². The number of allylic oxidation sites excluding steroid dienone is 2. The molecular formula is C30H61ClN2O2. The molecule has 210 valence electrons. The van der Waals surface area contributed by atoms with Gasteiger partial charge in [0.2, 0.25) is 5.91 Å². The first-order chi connectivity index (χ1) is 16.5. The Morgan fingerprint density at radius 2 is 1.14 bits per heavy atom. The van der Waals surface area contributed by atoms with E-state index in [0.717, 1.165) is 43.4 Å². The lowest BCUT2D eigenvalue weighted by Gasteiger charge is -2.29. The number of carbonyl (C=O) groups excluding carboxylic acids is 1. The zero-order valence-electron chi connectivity index (χ0n) is 23.8. The second-order valence-corrected chi connectivity index (χ2v) is 10.9. The van der Waals surface area contributed by atoms with Crippen LogP contribution < -0.4 is 17.7 Å². The molecule has 0 saturated carbocycles. The molecule has 0 aliphatic carbocycles. The SMILES string of the molecule is CCCCCCCC/C=C\CCCCCCCCCCCC(=O)NCCC[N+](C)(C)CCCO.[Cl-]. The highest BCUT2D eigenvalue weighted by atomic mass is 35.5. The molecule has 0 atom stereocenters. The molecule has 2 N–H and O–H groups in total. The number of quaternary nitrogens is 1. The maximum atomic E-state index is 12.0. The third-order valence-corrected chi connectivity index (χ3v) is 6.85. The van der Waals surface area contributed by atoms with Crippen LogP contribution in [0.2, 0.25) is 0 Å². The van der Waals surface area contributed by atoms with Crippen LogP contribution in [0.3, 0.4) is 0 Å². The van der Waals surface area contributed by atoms with Crippen molar-refractivity contribution in [2.75, 3.05) is 40.3 Å². The summed E-state index contributed by atoms with van der Waals surface area (Å²) in [5, 5.41) is 12.0. The molecule has 35 heavy (non-hydrogen) atoms. The molecule has 0 rings (SSSR count). The van der Waals surface area contributed by atoms with Crippen molar-refractivity contribution in [2.45, 2.75) is 135 Å². The number of carbonyl (C=O) groups is 1. The first-order valence-corrected chi connectivity index (χ1v) is 14.9. The lowest BCUT2D eigenvalue weighted by atomic mass is 10.1. The van der Waals surface area contributed by atoms with E-state index >= 15 is 0 Å². The van der Waals surface area contributed by atoms with Crippen LogP contribution in [0.15, 0.2) is 12.2 Å². The highest BCUT2D eigenvalue weighted by Gasteiger charge is 2.13. The number of nitrogens with one attached hydrogen (secondary N) is 1. The fraction of sp³-hybridized carbons (Fsp3) is 0.900. The lowest BCUT2D eigenvalue weighted by molar-refractivity contribution is -0.890. The number of unbranched alkanes of at least 4 members (excludes halogenated alkanes) is 15. The van der Waals surface area contributed by atoms with Crippen LogP contribution in [-0.4, -0.2) is 55.8 Å². The highest BCUT2D eigenvalue weighted by Crippen LogP contribution is 2.12. The second kappa shape index (κ2) is 28.0. The Morgan fingerprint density at radius 1 is 0.686 bits per heavy atom. The van der Waals surface area contributed by atoms with Gasteiger partial charge in [-0.05, 0) is 32.1 Å². The van der Waals surface area contributed by atoms with E-state index in [1.165, 1.54) is 103 Å². The third-order valence-electron chi connectivity index (χ3n) is 6.85. The number of hydrogen-bond acceptors (Lipinski definition) is 2. The van der Waals surface area contributed by atoms with Crippen molar-refractivity contribution in [3.05, 3.63) is 12.2 Å². The largest absolute Gasteiger partial charge is 1.00 e. The van der Waals surface area contributed by atoms with Gasteiger partial charge in [0.15, 0.2) is 0 Å². The molecular weight excluding hydrogens is 456 g/mol. The van der Waals surface area contributed by atoms with Crippen LogP contribution in [0.25, 0.3) is 0 Å². The van der Waals surface area contributed by atoms with E-state index in [4.69, 9.17) is 5.11 Å². The number of halogens is 1. The molecule has 0 unspecified atom stereocenters. The van der Waals surface area contributed by atoms with Crippen molar-refractivity contribution in [3.63, 3.8) is 0 Å². The van der Waals surface area contributed by atoms with Crippen molar-refractivity contribution in [1.29, 1.82) is 0 Å². The standard InChI is InChI=1S/C30H60N2O2.ClH/c1-4-5-6-7-8-9-10-11-12-13-14-15-16-17-18-19-20-21-22-25-30(34)31-26-23-27-32(2,3)28-24-29-33;/h11-12,33H,4-10,13-29H2,1-3H3;1H/b12-11-;. The first-order valence-electron chi connectivity index (χ1n) is 14.9. The van der Waals surface area contributed by atoms with Gasteiger partial charge in [-0.1, -0.05) is 96.1 Å². The molecule has 1 amide bonds. The van der Waals surface area contributed by atoms with Gasteiger partial charge in [0.25, 0.3) is 0 Å². The summed E-state index contributed by atoms with van der Waals surface area (Å²) in [7, 11) is 4.38. The Morgan fingerprint density at radius 3 is 1.66 bits per heavy atom. The normalized spacial score (nSPS) is 11.7. The molecule has 0 aliphatic rings. The summed E-state index contributed by atoms with van der Waals surface area (Å²) >= 11 is 0. The van der Waals surface area contributed by atoms with Crippen LogP contribution in [0.1, 0.15) is 135 Å². The Kier molecular flexibility index (Phi) is 29.3. The fourth-order valence-electron chi connectivity index (χ4n) is 4.50. The Labute approximate surface area is 225 Å². The van der Waals surface area contributed by atoms with Gasteiger partial charge in [-0.2, -0.15) is 0 Å². The van der Waals surface area contributed by atoms with Gasteiger partial charge < -0.3 is 27.3 Å². The predicted octanol–water partition coefficient (Wildman–Crippen LogP) is 4.55. The molecule has 0 fully saturated rings. The first kappa shape index (κ1) is 36.6. The fourth-order valence-corrected chi connectivity index (χ4v) is 4.50. The number of nitrogens with zero attached hydrogens (tertiary/aromatic N) is 1. The monoisotopic (exact) mass is 516 g/mol. The van der Waals surface area contributed by atoms with Crippen LogP contribution in [0, 0.1) is 0 Å². The summed E-state index contributed by atoms with van der Waals surface area (Å²) in [5.74, 6) is 0.210. The van der Waals surface area contributed by atoms with E-state index in [9.17, 15) is 4.79 Å². The van der Waals surface area contributed by atoms with Gasteiger partial charge in [-0.25, -0.2) is 0 Å². The molecule has 0 radical (unpaired) electrons. The minimum atomic E-state index is 0. The van der Waals surface area contributed by atoms with Crippen LogP contribution in [-0.2, 0) is 4.79 Å². The molecule has 0 aromatic carbocycles. The zero-order valence-corrected chi connectivity index (χ0v) is 24.6. The summed E-state index contributed by atoms with van der Waals surface area (Å²) in [5.41, 5.74) is 0.